The van der Waals surface area contributed by atoms with Gasteiger partial charge in [0.2, 0.25) is 0 Å². The van der Waals surface area contributed by atoms with Crippen molar-refractivity contribution < 1.29 is 9.84 Å². The maximum atomic E-state index is 9.17. The molecule has 3 N–H and O–H groups in total. The molecule has 0 aromatic heterocycles. The number of hydrogen-bond donors (Lipinski definition) is 2. The van der Waals surface area contributed by atoms with Crippen LogP contribution in [0.1, 0.15) is 45.1 Å². The third-order valence-corrected chi connectivity index (χ3v) is 3.96. The van der Waals surface area contributed by atoms with Crippen molar-refractivity contribution in [3.8, 4) is 5.75 Å². The summed E-state index contributed by atoms with van der Waals surface area (Å²) in [5.41, 5.74) is 6.33. The van der Waals surface area contributed by atoms with Gasteiger partial charge in [-0.3, -0.25) is 0 Å². The summed E-state index contributed by atoms with van der Waals surface area (Å²) in [4.78, 5) is 0. The fourth-order valence-electron chi connectivity index (χ4n) is 1.93. The highest BCUT2D eigenvalue weighted by Gasteiger charge is 2.17. The van der Waals surface area contributed by atoms with Crippen molar-refractivity contribution in [3.63, 3.8) is 0 Å². The number of ether oxygens (including phenoxy) is 1. The predicted octanol–water partition coefficient (Wildman–Crippen LogP) is 4.20. The Morgan fingerprint density at radius 2 is 1.86 bits per heavy atom. The lowest BCUT2D eigenvalue weighted by atomic mass is 9.95. The number of rotatable bonds is 9. The maximum Gasteiger partial charge on any atom is 0.156 e. The second kappa shape index (κ2) is 8.84. The van der Waals surface area contributed by atoms with Gasteiger partial charge in [-0.1, -0.05) is 43.0 Å². The van der Waals surface area contributed by atoms with Crippen LogP contribution in [0.25, 0.3) is 0 Å². The molecule has 0 saturated carbocycles. The van der Waals surface area contributed by atoms with Crippen molar-refractivity contribution in [1.29, 1.82) is 0 Å². The van der Waals surface area contributed by atoms with Crippen LogP contribution in [0.2, 0.25) is 10.0 Å². The molecule has 1 aromatic carbocycles. The number of nitrogens with two attached hydrogens (primary N) is 1. The van der Waals surface area contributed by atoms with Crippen molar-refractivity contribution in [2.75, 3.05) is 13.2 Å². The second-order valence-corrected chi connectivity index (χ2v) is 6.57. The summed E-state index contributed by atoms with van der Waals surface area (Å²) in [6.45, 7) is 4.54. The molecule has 1 atom stereocenters. The minimum atomic E-state index is -0.589. The highest BCUT2D eigenvalue weighted by atomic mass is 35.5. The van der Waals surface area contributed by atoms with E-state index in [1.165, 1.54) is 0 Å². The number of unbranched alkanes of at least 4 members (excludes halogenated alkanes) is 2. The number of aliphatic hydroxyl groups is 1. The van der Waals surface area contributed by atoms with Crippen LogP contribution >= 0.6 is 23.2 Å². The summed E-state index contributed by atoms with van der Waals surface area (Å²) in [5.74, 6) is 0.552. The van der Waals surface area contributed by atoms with Gasteiger partial charge >= 0.3 is 0 Å². The maximum absolute atomic E-state index is 9.17. The predicted molar refractivity (Wildman–Crippen MR) is 89.5 cm³/mol. The summed E-state index contributed by atoms with van der Waals surface area (Å²) >= 11 is 12.5. The van der Waals surface area contributed by atoms with Crippen molar-refractivity contribution in [3.05, 3.63) is 27.7 Å². The molecule has 1 unspecified atom stereocenters. The lowest BCUT2D eigenvalue weighted by molar-refractivity contribution is 0.200. The molecule has 0 radical (unpaired) electrons. The largest absolute Gasteiger partial charge is 0.490 e. The molecule has 5 heteroatoms. The Kier molecular flexibility index (Phi) is 7.82. The monoisotopic (exact) mass is 333 g/mol. The normalized spacial score (nSPS) is 14.0. The van der Waals surface area contributed by atoms with Crippen LogP contribution in [0.4, 0.5) is 0 Å². The van der Waals surface area contributed by atoms with Crippen LogP contribution in [0.3, 0.4) is 0 Å². The lowest BCUT2D eigenvalue weighted by Crippen LogP contribution is -2.40. The molecule has 1 aromatic rings. The Morgan fingerprint density at radius 1 is 1.24 bits per heavy atom. The summed E-state index contributed by atoms with van der Waals surface area (Å²) < 4.78 is 5.66. The molecule has 0 bridgehead atoms. The van der Waals surface area contributed by atoms with Gasteiger partial charge < -0.3 is 15.6 Å². The molecule has 0 heterocycles. The van der Waals surface area contributed by atoms with Crippen LogP contribution in [-0.2, 0) is 6.42 Å². The zero-order valence-corrected chi connectivity index (χ0v) is 14.3. The van der Waals surface area contributed by atoms with Gasteiger partial charge in [0.05, 0.1) is 23.3 Å². The van der Waals surface area contributed by atoms with Gasteiger partial charge in [0.15, 0.2) is 5.75 Å². The van der Waals surface area contributed by atoms with Crippen LogP contribution in [0.15, 0.2) is 12.1 Å². The third-order valence-electron chi connectivity index (χ3n) is 3.40. The summed E-state index contributed by atoms with van der Waals surface area (Å²) in [5, 5.41) is 10.2. The molecule has 21 heavy (non-hydrogen) atoms. The Bertz CT molecular complexity index is 427. The van der Waals surface area contributed by atoms with Gasteiger partial charge in [-0.05, 0) is 43.9 Å². The highest BCUT2D eigenvalue weighted by Crippen LogP contribution is 2.35. The molecular formula is C16H25Cl2NO2. The average molecular weight is 334 g/mol. The Morgan fingerprint density at radius 3 is 2.38 bits per heavy atom. The van der Waals surface area contributed by atoms with Gasteiger partial charge in [0.1, 0.15) is 0 Å². The molecule has 1 rings (SSSR count). The molecular weight excluding hydrogens is 309 g/mol. The fourth-order valence-corrected chi connectivity index (χ4v) is 2.57. The minimum Gasteiger partial charge on any atom is -0.490 e. The van der Waals surface area contributed by atoms with E-state index in [-0.39, 0.29) is 6.61 Å². The molecule has 0 saturated heterocycles. The smallest absolute Gasteiger partial charge is 0.156 e. The van der Waals surface area contributed by atoms with Crippen LogP contribution in [-0.4, -0.2) is 23.9 Å². The van der Waals surface area contributed by atoms with E-state index in [1.807, 2.05) is 19.1 Å². The minimum absolute atomic E-state index is 0.0485. The second-order valence-electron chi connectivity index (χ2n) is 5.76. The number of aliphatic hydroxyl groups excluding tert-OH is 1. The standard InChI is InChI=1S/C16H25Cl2NO2/c1-3-4-5-8-21-15-13(17)9-12(10-14(15)18)6-7-16(2,19)11-20/h9-10,20H,3-8,11,19H2,1-2H3. The van der Waals surface area contributed by atoms with E-state index in [2.05, 4.69) is 6.92 Å². The first-order valence-electron chi connectivity index (χ1n) is 7.40. The lowest BCUT2D eigenvalue weighted by Gasteiger charge is -2.21. The molecule has 0 aliphatic carbocycles. The molecule has 0 aliphatic rings. The molecule has 0 spiro atoms. The number of benzene rings is 1. The van der Waals surface area contributed by atoms with Crippen LogP contribution in [0, 0.1) is 0 Å². The average Bonchev–Trinajstić information content (AvgIpc) is 2.44. The zero-order valence-electron chi connectivity index (χ0n) is 12.8. The first kappa shape index (κ1) is 18.6. The van der Waals surface area contributed by atoms with Gasteiger partial charge in [-0.2, -0.15) is 0 Å². The SMILES string of the molecule is CCCCCOc1c(Cl)cc(CCC(C)(N)CO)cc1Cl. The van der Waals surface area contributed by atoms with Crippen molar-refractivity contribution in [2.45, 2.75) is 51.5 Å². The number of halogens is 2. The fraction of sp³-hybridized carbons (Fsp3) is 0.625. The van der Waals surface area contributed by atoms with E-state index < -0.39 is 5.54 Å². The van der Waals surface area contributed by atoms with E-state index in [4.69, 9.17) is 38.8 Å². The van der Waals surface area contributed by atoms with Crippen molar-refractivity contribution in [1.82, 2.24) is 0 Å². The quantitative estimate of drug-likeness (QED) is 0.665. The number of aryl methyl sites for hydroxylation is 1. The van der Waals surface area contributed by atoms with E-state index in [0.29, 0.717) is 35.2 Å². The molecule has 0 fully saturated rings. The van der Waals surface area contributed by atoms with Crippen LogP contribution in [0.5, 0.6) is 5.75 Å². The Balaban J connectivity index is 2.66. The van der Waals surface area contributed by atoms with E-state index in [1.54, 1.807) is 0 Å². The summed E-state index contributed by atoms with van der Waals surface area (Å²) in [6.07, 6.45) is 4.64. The van der Waals surface area contributed by atoms with E-state index in [9.17, 15) is 0 Å². The first-order chi connectivity index (χ1) is 9.89. The molecule has 0 amide bonds. The summed E-state index contributed by atoms with van der Waals surface area (Å²) in [7, 11) is 0. The Hall–Kier alpha value is -0.480. The van der Waals surface area contributed by atoms with E-state index >= 15 is 0 Å². The summed E-state index contributed by atoms with van der Waals surface area (Å²) in [6, 6.07) is 3.71. The third kappa shape index (κ3) is 6.43. The first-order valence-corrected chi connectivity index (χ1v) is 8.15. The van der Waals surface area contributed by atoms with Crippen LogP contribution < -0.4 is 10.5 Å². The van der Waals surface area contributed by atoms with Crippen molar-refractivity contribution in [2.24, 2.45) is 5.73 Å². The molecule has 120 valence electrons. The van der Waals surface area contributed by atoms with Gasteiger partial charge in [-0.15, -0.1) is 0 Å². The highest BCUT2D eigenvalue weighted by molar-refractivity contribution is 6.37. The van der Waals surface area contributed by atoms with Gasteiger partial charge in [0, 0.05) is 5.54 Å². The van der Waals surface area contributed by atoms with Gasteiger partial charge in [0.25, 0.3) is 0 Å². The molecule has 3 nitrogen and oxygen atoms in total. The van der Waals surface area contributed by atoms with Crippen molar-refractivity contribution >= 4 is 23.2 Å². The molecule has 0 aliphatic heterocycles. The van der Waals surface area contributed by atoms with E-state index in [0.717, 1.165) is 24.8 Å². The topological polar surface area (TPSA) is 55.5 Å². The number of hydrogen-bond acceptors (Lipinski definition) is 3. The zero-order chi connectivity index (χ0) is 15.9. The van der Waals surface area contributed by atoms with Gasteiger partial charge in [-0.25, -0.2) is 0 Å². The Labute approximate surface area is 137 Å².